The number of hydrogen-bond acceptors (Lipinski definition) is 3. The van der Waals surface area contributed by atoms with Crippen molar-refractivity contribution in [1.82, 2.24) is 5.32 Å². The number of carbonyl (C=O) groups excluding carboxylic acids is 1. The second-order valence-corrected chi connectivity index (χ2v) is 2.43. The first-order valence-electron chi connectivity index (χ1n) is 2.24. The largest absolute Gasteiger partial charge is 0.307 e. The average Bonchev–Trinajstić information content (AvgIpc) is 2.17. The molecule has 0 aliphatic carbocycles. The number of hydrogen-bond donors (Lipinski definition) is 1. The summed E-state index contributed by atoms with van der Waals surface area (Å²) in [6.07, 6.45) is 0. The molecule has 1 aliphatic rings. The van der Waals surface area contributed by atoms with Gasteiger partial charge in [-0.25, -0.2) is 0 Å². The predicted molar refractivity (Wildman–Crippen MR) is 37.9 cm³/mol. The van der Waals surface area contributed by atoms with E-state index in [0.717, 1.165) is 0 Å². The van der Waals surface area contributed by atoms with Gasteiger partial charge in [0.25, 0.3) is 0 Å². The standard InChI is InChI=1S/C3H7NS.CHClO/c1-2-5-3-4-1;2-1-3/h4H,1-3H2;1H. The average molecular weight is 154 g/mol. The van der Waals surface area contributed by atoms with Gasteiger partial charge in [0.05, 0.1) is 0 Å². The Morgan fingerprint density at radius 1 is 1.75 bits per heavy atom. The van der Waals surface area contributed by atoms with Crippen LogP contribution in [0, 0.1) is 0 Å². The molecule has 1 N–H and O–H groups in total. The van der Waals surface area contributed by atoms with E-state index in [2.05, 4.69) is 16.9 Å². The number of nitrogens with one attached hydrogen (secondary N) is 1. The molecule has 1 rings (SSSR count). The van der Waals surface area contributed by atoms with Crippen molar-refractivity contribution in [2.75, 3.05) is 18.2 Å². The summed E-state index contributed by atoms with van der Waals surface area (Å²) in [5, 5.41) is 3.19. The summed E-state index contributed by atoms with van der Waals surface area (Å²) in [5.74, 6) is 2.69. The molecule has 0 saturated carbocycles. The third kappa shape index (κ3) is 6.27. The molecule has 0 aromatic rings. The van der Waals surface area contributed by atoms with E-state index in [0.29, 0.717) is 0 Å². The Morgan fingerprint density at radius 2 is 2.38 bits per heavy atom. The van der Waals surface area contributed by atoms with Crippen LogP contribution in [0.4, 0.5) is 0 Å². The third-order valence-corrected chi connectivity index (χ3v) is 1.53. The lowest BCUT2D eigenvalue weighted by Gasteiger charge is -1.74. The molecule has 0 spiro atoms. The number of carbonyl (C=O) groups is 1. The van der Waals surface area contributed by atoms with E-state index in [9.17, 15) is 0 Å². The van der Waals surface area contributed by atoms with E-state index in [4.69, 9.17) is 4.79 Å². The fraction of sp³-hybridized carbons (Fsp3) is 0.750. The molecule has 1 heterocycles. The molecular formula is C4H8ClNOS. The highest BCUT2D eigenvalue weighted by atomic mass is 35.5. The van der Waals surface area contributed by atoms with Crippen LogP contribution in [0.25, 0.3) is 0 Å². The van der Waals surface area contributed by atoms with Gasteiger partial charge in [-0.2, -0.15) is 0 Å². The number of halogens is 1. The van der Waals surface area contributed by atoms with Crippen LogP contribution in [0.2, 0.25) is 0 Å². The molecule has 0 unspecified atom stereocenters. The normalized spacial score (nSPS) is 16.6. The summed E-state index contributed by atoms with van der Waals surface area (Å²) >= 11 is 6.28. The zero-order valence-corrected chi connectivity index (χ0v) is 5.97. The maximum absolute atomic E-state index is 8.57. The number of rotatable bonds is 0. The molecule has 2 nitrogen and oxygen atoms in total. The lowest BCUT2D eigenvalue weighted by molar-refractivity contribution is 0.569. The Labute approximate surface area is 58.0 Å². The highest BCUT2D eigenvalue weighted by Gasteiger charge is 1.93. The van der Waals surface area contributed by atoms with E-state index in [1.54, 1.807) is 0 Å². The SMILES string of the molecule is C1CSCN1.O=CCl. The van der Waals surface area contributed by atoms with Gasteiger partial charge < -0.3 is 5.32 Å². The summed E-state index contributed by atoms with van der Waals surface area (Å²) < 4.78 is 0. The first kappa shape index (κ1) is 8.27. The van der Waals surface area contributed by atoms with E-state index in [-0.39, 0.29) is 5.75 Å². The van der Waals surface area contributed by atoms with Gasteiger partial charge in [0.2, 0.25) is 5.75 Å². The first-order valence-corrected chi connectivity index (χ1v) is 3.83. The summed E-state index contributed by atoms with van der Waals surface area (Å²) in [7, 11) is 0. The molecule has 0 radical (unpaired) electrons. The van der Waals surface area contributed by atoms with Gasteiger partial charge in [0, 0.05) is 18.2 Å². The second-order valence-electron chi connectivity index (χ2n) is 1.14. The van der Waals surface area contributed by atoms with Gasteiger partial charge in [0.1, 0.15) is 0 Å². The Morgan fingerprint density at radius 3 is 2.50 bits per heavy atom. The van der Waals surface area contributed by atoms with Gasteiger partial charge in [-0.15, -0.1) is 11.8 Å². The zero-order chi connectivity index (χ0) is 6.24. The molecule has 0 aromatic carbocycles. The molecule has 0 atom stereocenters. The smallest absolute Gasteiger partial charge is 0.208 e. The lowest BCUT2D eigenvalue weighted by Crippen LogP contribution is -2.04. The zero-order valence-electron chi connectivity index (χ0n) is 4.39. The minimum Gasteiger partial charge on any atom is -0.307 e. The van der Waals surface area contributed by atoms with Crippen LogP contribution in [0.5, 0.6) is 0 Å². The van der Waals surface area contributed by atoms with Gasteiger partial charge in [-0.1, -0.05) is 0 Å². The number of thioether (sulfide) groups is 1. The summed E-state index contributed by atoms with van der Waals surface area (Å²) in [4.78, 5) is 8.57. The van der Waals surface area contributed by atoms with Crippen molar-refractivity contribution in [3.8, 4) is 0 Å². The molecule has 1 saturated heterocycles. The molecule has 8 heavy (non-hydrogen) atoms. The van der Waals surface area contributed by atoms with Gasteiger partial charge in [-0.3, -0.25) is 4.79 Å². The maximum Gasteiger partial charge on any atom is 0.208 e. The molecule has 4 heteroatoms. The van der Waals surface area contributed by atoms with Crippen LogP contribution >= 0.6 is 23.4 Å². The summed E-state index contributed by atoms with van der Waals surface area (Å²) in [6, 6.07) is 0. The van der Waals surface area contributed by atoms with Crippen LogP contribution in [-0.4, -0.2) is 23.9 Å². The molecule has 1 aliphatic heterocycles. The van der Waals surface area contributed by atoms with E-state index < -0.39 is 0 Å². The van der Waals surface area contributed by atoms with Crippen molar-refractivity contribution in [1.29, 1.82) is 0 Å². The van der Waals surface area contributed by atoms with Gasteiger partial charge in [-0.05, 0) is 11.6 Å². The Balaban J connectivity index is 0.000000145. The topological polar surface area (TPSA) is 29.1 Å². The second kappa shape index (κ2) is 7.27. The summed E-state index contributed by atoms with van der Waals surface area (Å²) in [5.41, 5.74) is 0. The van der Waals surface area contributed by atoms with Crippen LogP contribution in [0.1, 0.15) is 0 Å². The molecular weight excluding hydrogens is 146 g/mol. The molecule has 0 bridgehead atoms. The van der Waals surface area contributed by atoms with Crippen molar-refractivity contribution >= 4 is 29.1 Å². The van der Waals surface area contributed by atoms with Crippen LogP contribution in [0.15, 0.2) is 0 Å². The monoisotopic (exact) mass is 153 g/mol. The van der Waals surface area contributed by atoms with Crippen LogP contribution in [-0.2, 0) is 4.79 Å². The van der Waals surface area contributed by atoms with Gasteiger partial charge in [0.15, 0.2) is 0 Å². The third-order valence-electron chi connectivity index (χ3n) is 0.627. The minimum absolute atomic E-state index is 0.222. The maximum atomic E-state index is 8.57. The molecule has 0 amide bonds. The lowest BCUT2D eigenvalue weighted by atomic mass is 10.8. The minimum atomic E-state index is 0.222. The highest BCUT2D eigenvalue weighted by Crippen LogP contribution is 1.99. The van der Waals surface area contributed by atoms with Crippen molar-refractivity contribution in [3.05, 3.63) is 0 Å². The van der Waals surface area contributed by atoms with E-state index >= 15 is 0 Å². The molecule has 0 aromatic heterocycles. The Kier molecular flexibility index (Phi) is 7.52. The van der Waals surface area contributed by atoms with Crippen molar-refractivity contribution in [2.24, 2.45) is 0 Å². The van der Waals surface area contributed by atoms with Crippen LogP contribution in [0.3, 0.4) is 0 Å². The molecule has 1 fully saturated rings. The van der Waals surface area contributed by atoms with Gasteiger partial charge >= 0.3 is 0 Å². The molecule has 48 valence electrons. The van der Waals surface area contributed by atoms with Crippen LogP contribution < -0.4 is 5.32 Å². The quantitative estimate of drug-likeness (QED) is 0.410. The van der Waals surface area contributed by atoms with Crippen molar-refractivity contribution in [2.45, 2.75) is 0 Å². The Bertz CT molecular complexity index is 50.4. The van der Waals surface area contributed by atoms with E-state index in [1.807, 2.05) is 11.8 Å². The first-order chi connectivity index (χ1) is 3.91. The predicted octanol–water partition coefficient (Wildman–Crippen LogP) is 0.696. The Hall–Kier alpha value is 0.270. The van der Waals surface area contributed by atoms with E-state index in [1.165, 1.54) is 18.2 Å². The fourth-order valence-electron chi connectivity index (χ4n) is 0.361. The fourth-order valence-corrected chi connectivity index (χ4v) is 1.08. The highest BCUT2D eigenvalue weighted by molar-refractivity contribution is 7.99. The van der Waals surface area contributed by atoms with Crippen molar-refractivity contribution in [3.63, 3.8) is 0 Å². The van der Waals surface area contributed by atoms with Crippen molar-refractivity contribution < 1.29 is 4.79 Å². The summed E-state index contributed by atoms with van der Waals surface area (Å²) in [6.45, 7) is 1.21.